The Morgan fingerprint density at radius 2 is 1.94 bits per heavy atom. The highest BCUT2D eigenvalue weighted by molar-refractivity contribution is 7.87. The molecule has 3 N–H and O–H groups in total. The molecule has 1 atom stereocenters. The van der Waals surface area contributed by atoms with Crippen LogP contribution in [-0.2, 0) is 19.1 Å². The van der Waals surface area contributed by atoms with Crippen LogP contribution >= 0.6 is 0 Å². The fraction of sp³-hybridized carbons (Fsp3) is 0.889. The molecule has 0 fully saturated rings. The van der Waals surface area contributed by atoms with Crippen molar-refractivity contribution in [1.82, 2.24) is 0 Å². The van der Waals surface area contributed by atoms with Crippen molar-refractivity contribution in [3.8, 4) is 0 Å². The Labute approximate surface area is 95.9 Å². The molecule has 7 heteroatoms. The number of hydrogen-bond acceptors (Lipinski definition) is 5. The molecule has 0 spiro atoms. The highest BCUT2D eigenvalue weighted by Crippen LogP contribution is 2.16. The van der Waals surface area contributed by atoms with Gasteiger partial charge in [0.2, 0.25) is 0 Å². The second-order valence-corrected chi connectivity index (χ2v) is 6.61. The largest absolute Gasteiger partial charge is 0.481 e. The minimum absolute atomic E-state index is 0.0239. The fourth-order valence-corrected chi connectivity index (χ4v) is 1.86. The average Bonchev–Trinajstić information content (AvgIpc) is 2.10. The molecule has 0 radical (unpaired) electrons. The first-order valence-corrected chi connectivity index (χ1v) is 6.37. The van der Waals surface area contributed by atoms with Gasteiger partial charge in [-0.15, -0.1) is 0 Å². The van der Waals surface area contributed by atoms with E-state index in [-0.39, 0.29) is 24.9 Å². The van der Waals surface area contributed by atoms with E-state index >= 15 is 0 Å². The van der Waals surface area contributed by atoms with Crippen molar-refractivity contribution in [2.24, 2.45) is 11.1 Å². The van der Waals surface area contributed by atoms with Crippen LogP contribution in [0.2, 0.25) is 0 Å². The summed E-state index contributed by atoms with van der Waals surface area (Å²) in [6.45, 7) is 5.50. The van der Waals surface area contributed by atoms with Crippen molar-refractivity contribution in [3.63, 3.8) is 0 Å². The highest BCUT2D eigenvalue weighted by atomic mass is 32.2. The molecule has 0 rings (SSSR count). The first kappa shape index (κ1) is 15.3. The van der Waals surface area contributed by atoms with E-state index in [0.717, 1.165) is 0 Å². The summed E-state index contributed by atoms with van der Waals surface area (Å²) in [5, 5.41) is 7.11. The van der Waals surface area contributed by atoms with Crippen molar-refractivity contribution in [3.05, 3.63) is 0 Å². The maximum atomic E-state index is 11.4. The van der Waals surface area contributed by atoms with Gasteiger partial charge in [-0.05, 0) is 11.8 Å². The molecule has 0 saturated carbocycles. The molecule has 96 valence electrons. The Morgan fingerprint density at radius 1 is 1.44 bits per heavy atom. The number of carboxylic acid groups (broad SMARTS) is 1. The summed E-state index contributed by atoms with van der Waals surface area (Å²) >= 11 is 0. The SMILES string of the molecule is CC(C)(C)COS(=O)(=O)C(N)CCC(=O)O. The lowest BCUT2D eigenvalue weighted by Gasteiger charge is -2.19. The molecule has 0 aromatic rings. The maximum Gasteiger partial charge on any atom is 0.303 e. The predicted molar refractivity (Wildman–Crippen MR) is 59.2 cm³/mol. The summed E-state index contributed by atoms with van der Waals surface area (Å²) in [4.78, 5) is 10.3. The molecule has 0 aliphatic heterocycles. The van der Waals surface area contributed by atoms with E-state index in [0.29, 0.717) is 0 Å². The zero-order chi connectivity index (χ0) is 13.0. The fourth-order valence-electron chi connectivity index (χ4n) is 0.756. The molecule has 0 aromatic heterocycles. The number of rotatable bonds is 6. The zero-order valence-electron chi connectivity index (χ0n) is 9.76. The molecule has 0 aromatic carbocycles. The number of carboxylic acids is 1. The van der Waals surface area contributed by atoms with Crippen LogP contribution in [0.25, 0.3) is 0 Å². The molecule has 0 bridgehead atoms. The van der Waals surface area contributed by atoms with E-state index in [2.05, 4.69) is 0 Å². The van der Waals surface area contributed by atoms with E-state index in [1.165, 1.54) is 0 Å². The van der Waals surface area contributed by atoms with Gasteiger partial charge in [-0.3, -0.25) is 8.98 Å². The predicted octanol–water partition coefficient (Wildman–Crippen LogP) is 0.528. The topological polar surface area (TPSA) is 107 Å². The number of aliphatic carboxylic acids is 1. The summed E-state index contributed by atoms with van der Waals surface area (Å²) < 4.78 is 27.6. The Balaban J connectivity index is 4.27. The summed E-state index contributed by atoms with van der Waals surface area (Å²) in [7, 11) is -3.87. The third-order valence-electron chi connectivity index (χ3n) is 1.67. The zero-order valence-corrected chi connectivity index (χ0v) is 10.6. The van der Waals surface area contributed by atoms with Crippen molar-refractivity contribution < 1.29 is 22.5 Å². The molecule has 0 heterocycles. The number of nitrogens with two attached hydrogens (primary N) is 1. The summed E-state index contributed by atoms with van der Waals surface area (Å²) in [5.41, 5.74) is 5.06. The first-order valence-electron chi connectivity index (χ1n) is 4.90. The third-order valence-corrected chi connectivity index (χ3v) is 3.09. The average molecular weight is 253 g/mol. The van der Waals surface area contributed by atoms with Crippen LogP contribution in [0.1, 0.15) is 33.6 Å². The lowest BCUT2D eigenvalue weighted by atomic mass is 9.99. The Morgan fingerprint density at radius 3 is 2.31 bits per heavy atom. The first-order chi connectivity index (χ1) is 7.04. The van der Waals surface area contributed by atoms with Crippen molar-refractivity contribution in [1.29, 1.82) is 0 Å². The summed E-state index contributed by atoms with van der Waals surface area (Å²) in [6.07, 6.45) is -0.443. The normalized spacial score (nSPS) is 14.8. The van der Waals surface area contributed by atoms with E-state index in [4.69, 9.17) is 15.0 Å². The van der Waals surface area contributed by atoms with E-state index < -0.39 is 21.5 Å². The van der Waals surface area contributed by atoms with Crippen LogP contribution in [0.5, 0.6) is 0 Å². The monoisotopic (exact) mass is 253 g/mol. The van der Waals surface area contributed by atoms with Gasteiger partial charge in [0, 0.05) is 6.42 Å². The molecule has 1 unspecified atom stereocenters. The van der Waals surface area contributed by atoms with Gasteiger partial charge in [0.1, 0.15) is 5.37 Å². The number of hydrogen-bond donors (Lipinski definition) is 2. The van der Waals surface area contributed by atoms with Gasteiger partial charge in [0.15, 0.2) is 0 Å². The van der Waals surface area contributed by atoms with E-state index in [1.807, 2.05) is 20.8 Å². The van der Waals surface area contributed by atoms with Crippen LogP contribution in [0.4, 0.5) is 0 Å². The molecule has 0 saturated heterocycles. The van der Waals surface area contributed by atoms with E-state index in [1.54, 1.807) is 0 Å². The smallest absolute Gasteiger partial charge is 0.303 e. The van der Waals surface area contributed by atoms with Crippen LogP contribution in [0, 0.1) is 5.41 Å². The maximum absolute atomic E-state index is 11.4. The van der Waals surface area contributed by atoms with Crippen molar-refractivity contribution in [2.75, 3.05) is 6.61 Å². The lowest BCUT2D eigenvalue weighted by Crippen LogP contribution is -2.34. The Bertz CT molecular complexity index is 330. The van der Waals surface area contributed by atoms with Crippen LogP contribution < -0.4 is 5.73 Å². The van der Waals surface area contributed by atoms with Gasteiger partial charge in [0.05, 0.1) is 6.61 Å². The molecule has 16 heavy (non-hydrogen) atoms. The van der Waals surface area contributed by atoms with Gasteiger partial charge in [-0.25, -0.2) is 0 Å². The minimum Gasteiger partial charge on any atom is -0.481 e. The van der Waals surface area contributed by atoms with Crippen molar-refractivity contribution >= 4 is 16.1 Å². The second-order valence-electron chi connectivity index (χ2n) is 4.79. The molecule has 0 amide bonds. The number of carbonyl (C=O) groups is 1. The van der Waals surface area contributed by atoms with Crippen LogP contribution in [-0.4, -0.2) is 31.5 Å². The standard InChI is InChI=1S/C9H19NO5S/c1-9(2,3)6-15-16(13,14)7(10)4-5-8(11)12/h7H,4-6,10H2,1-3H3,(H,11,12). The lowest BCUT2D eigenvalue weighted by molar-refractivity contribution is -0.137. The molecule has 6 nitrogen and oxygen atoms in total. The van der Waals surface area contributed by atoms with Crippen molar-refractivity contribution in [2.45, 2.75) is 39.0 Å². The van der Waals surface area contributed by atoms with Gasteiger partial charge in [-0.2, -0.15) is 8.42 Å². The van der Waals surface area contributed by atoms with Gasteiger partial charge in [0.25, 0.3) is 10.1 Å². The minimum atomic E-state index is -3.87. The van der Waals surface area contributed by atoms with E-state index in [9.17, 15) is 13.2 Å². The van der Waals surface area contributed by atoms with Crippen LogP contribution in [0.3, 0.4) is 0 Å². The van der Waals surface area contributed by atoms with Gasteiger partial charge in [-0.1, -0.05) is 20.8 Å². The molecule has 0 aliphatic rings. The van der Waals surface area contributed by atoms with Gasteiger partial charge < -0.3 is 10.8 Å². The highest BCUT2D eigenvalue weighted by Gasteiger charge is 2.25. The molecular formula is C9H19NO5S. The summed E-state index contributed by atoms with van der Waals surface area (Å²) in [5.74, 6) is -1.08. The second kappa shape index (κ2) is 5.60. The Hall–Kier alpha value is -0.660. The molecular weight excluding hydrogens is 234 g/mol. The summed E-state index contributed by atoms with van der Waals surface area (Å²) in [6, 6.07) is 0. The third kappa shape index (κ3) is 6.76. The quantitative estimate of drug-likeness (QED) is 0.669. The molecule has 0 aliphatic carbocycles. The Kier molecular flexibility index (Phi) is 5.37. The van der Waals surface area contributed by atoms with Gasteiger partial charge >= 0.3 is 5.97 Å². The van der Waals surface area contributed by atoms with Crippen LogP contribution in [0.15, 0.2) is 0 Å².